The molecule has 3 unspecified atom stereocenters. The number of aromatic nitrogens is 1. The van der Waals surface area contributed by atoms with Crippen molar-refractivity contribution in [3.05, 3.63) is 22.3 Å². The minimum atomic E-state index is -1.03. The molecule has 0 bridgehead atoms. The Hall–Kier alpha value is -1.63. The molecule has 3 rings (SSSR count). The second-order valence-corrected chi connectivity index (χ2v) is 6.14. The van der Waals surface area contributed by atoms with E-state index in [4.69, 9.17) is 5.11 Å². The van der Waals surface area contributed by atoms with Gasteiger partial charge in [0.1, 0.15) is 16.5 Å². The van der Waals surface area contributed by atoms with Crippen LogP contribution in [0.15, 0.2) is 16.7 Å². The van der Waals surface area contributed by atoms with Gasteiger partial charge in [-0.2, -0.15) is 0 Å². The van der Waals surface area contributed by atoms with E-state index in [-0.39, 0.29) is 11.8 Å². The number of piperidine rings is 1. The number of pyridine rings is 1. The molecule has 2 N–H and O–H groups in total. The van der Waals surface area contributed by atoms with Crippen molar-refractivity contribution < 1.29 is 14.7 Å². The third kappa shape index (κ3) is 2.26. The topological polar surface area (TPSA) is 82.5 Å². The Kier molecular flexibility index (Phi) is 3.16. The summed E-state index contributed by atoms with van der Waals surface area (Å²) >= 11 is 3.26. The molecule has 2 heterocycles. The molecule has 2 aliphatic rings. The Labute approximate surface area is 124 Å². The molecule has 7 heteroatoms. The van der Waals surface area contributed by atoms with Crippen molar-refractivity contribution in [3.63, 3.8) is 0 Å². The maximum absolute atomic E-state index is 12.4. The summed E-state index contributed by atoms with van der Waals surface area (Å²) < 4.78 is 0.629. The van der Waals surface area contributed by atoms with Crippen LogP contribution in [-0.2, 0) is 4.79 Å². The highest BCUT2D eigenvalue weighted by Crippen LogP contribution is 2.49. The van der Waals surface area contributed by atoms with Crippen LogP contribution in [0.3, 0.4) is 0 Å². The first-order valence-electron chi connectivity index (χ1n) is 6.41. The smallest absolute Gasteiger partial charge is 0.407 e. The number of likely N-dealkylation sites (tertiary alicyclic amines) is 1. The fraction of sp³-hybridized carbons (Fsp3) is 0.462. The second kappa shape index (κ2) is 4.73. The van der Waals surface area contributed by atoms with Gasteiger partial charge in [0.15, 0.2) is 0 Å². The molecule has 1 aliphatic carbocycles. The summed E-state index contributed by atoms with van der Waals surface area (Å²) in [6.07, 6.45) is -0.0940. The summed E-state index contributed by atoms with van der Waals surface area (Å²) in [5.74, 6) is 0.696. The molecule has 1 aromatic rings. The van der Waals surface area contributed by atoms with E-state index in [0.29, 0.717) is 22.9 Å². The van der Waals surface area contributed by atoms with E-state index in [9.17, 15) is 9.59 Å². The van der Waals surface area contributed by atoms with Crippen molar-refractivity contribution in [2.24, 2.45) is 11.8 Å². The monoisotopic (exact) mass is 339 g/mol. The first kappa shape index (κ1) is 13.4. The summed E-state index contributed by atoms with van der Waals surface area (Å²) in [7, 11) is 0. The van der Waals surface area contributed by atoms with Crippen LogP contribution < -0.4 is 5.32 Å². The molecular weight excluding hydrogens is 326 g/mol. The van der Waals surface area contributed by atoms with Gasteiger partial charge in [-0.1, -0.05) is 6.07 Å². The first-order chi connectivity index (χ1) is 9.47. The van der Waals surface area contributed by atoms with Crippen molar-refractivity contribution in [2.45, 2.75) is 19.4 Å². The average molecular weight is 340 g/mol. The normalized spacial score (nSPS) is 27.1. The van der Waals surface area contributed by atoms with Gasteiger partial charge in [-0.25, -0.2) is 9.78 Å². The quantitative estimate of drug-likeness (QED) is 0.808. The lowest BCUT2D eigenvalue weighted by molar-refractivity contribution is -0.120. The Morgan fingerprint density at radius 3 is 2.95 bits per heavy atom. The molecule has 2 amide bonds. The number of halogens is 1. The molecule has 106 valence electrons. The third-order valence-electron chi connectivity index (χ3n) is 3.97. The highest BCUT2D eigenvalue weighted by atomic mass is 79.9. The minimum Gasteiger partial charge on any atom is -0.465 e. The molecule has 1 aliphatic heterocycles. The maximum Gasteiger partial charge on any atom is 0.407 e. The number of hydrogen-bond donors (Lipinski definition) is 2. The van der Waals surface area contributed by atoms with Gasteiger partial charge < -0.3 is 10.4 Å². The van der Waals surface area contributed by atoms with Gasteiger partial charge in [0.2, 0.25) is 5.91 Å². The molecule has 0 aromatic carbocycles. The van der Waals surface area contributed by atoms with Crippen LogP contribution in [0.4, 0.5) is 10.6 Å². The largest absolute Gasteiger partial charge is 0.465 e. The molecule has 1 aromatic heterocycles. The van der Waals surface area contributed by atoms with Crippen LogP contribution >= 0.6 is 15.9 Å². The molecule has 2 fully saturated rings. The molecule has 20 heavy (non-hydrogen) atoms. The van der Waals surface area contributed by atoms with Gasteiger partial charge in [0.05, 0.1) is 0 Å². The van der Waals surface area contributed by atoms with Gasteiger partial charge in [-0.15, -0.1) is 0 Å². The Balaban J connectivity index is 1.79. The number of nitrogens with zero attached hydrogens (tertiary/aromatic N) is 2. The predicted octanol–water partition coefficient (Wildman–Crippen LogP) is 2.09. The fourth-order valence-corrected chi connectivity index (χ4v) is 3.13. The first-order valence-corrected chi connectivity index (χ1v) is 7.20. The SMILES string of the molecule is Cc1ccc(Br)nc1NC(=O)C1C2CC2CN1C(=O)O. The predicted molar refractivity (Wildman–Crippen MR) is 75.4 cm³/mol. The van der Waals surface area contributed by atoms with Gasteiger partial charge in [-0.05, 0) is 52.7 Å². The van der Waals surface area contributed by atoms with Crippen LogP contribution in [0.1, 0.15) is 12.0 Å². The van der Waals surface area contributed by atoms with Crippen molar-refractivity contribution in [2.75, 3.05) is 11.9 Å². The van der Waals surface area contributed by atoms with E-state index < -0.39 is 12.1 Å². The number of carbonyl (C=O) groups is 2. The number of rotatable bonds is 2. The van der Waals surface area contributed by atoms with Gasteiger partial charge in [-0.3, -0.25) is 9.69 Å². The van der Waals surface area contributed by atoms with Gasteiger partial charge >= 0.3 is 6.09 Å². The summed E-state index contributed by atoms with van der Waals surface area (Å²) in [6.45, 7) is 2.31. The van der Waals surface area contributed by atoms with Crippen molar-refractivity contribution in [3.8, 4) is 0 Å². The lowest BCUT2D eigenvalue weighted by atomic mass is 10.1. The van der Waals surface area contributed by atoms with Crippen molar-refractivity contribution in [1.29, 1.82) is 0 Å². The van der Waals surface area contributed by atoms with Crippen LogP contribution in [0.2, 0.25) is 0 Å². The molecule has 1 saturated heterocycles. The summed E-state index contributed by atoms with van der Waals surface area (Å²) in [4.78, 5) is 29.0. The van der Waals surface area contributed by atoms with E-state index in [1.807, 2.05) is 13.0 Å². The number of hydrogen-bond acceptors (Lipinski definition) is 3. The van der Waals surface area contributed by atoms with E-state index >= 15 is 0 Å². The number of anilines is 1. The Bertz CT molecular complexity index is 592. The Morgan fingerprint density at radius 2 is 2.25 bits per heavy atom. The summed E-state index contributed by atoms with van der Waals surface area (Å²) in [5, 5.41) is 11.9. The average Bonchev–Trinajstić information content (AvgIpc) is 3.04. The van der Waals surface area contributed by atoms with Gasteiger partial charge in [0, 0.05) is 6.54 Å². The van der Waals surface area contributed by atoms with Gasteiger partial charge in [0.25, 0.3) is 0 Å². The standard InChI is InChI=1S/C13H14BrN3O3/c1-6-2-3-9(14)15-11(6)16-12(18)10-8-4-7(8)5-17(10)13(19)20/h2-3,7-8,10H,4-5H2,1H3,(H,19,20)(H,15,16,18). The van der Waals surface area contributed by atoms with E-state index in [1.54, 1.807) is 6.07 Å². The van der Waals surface area contributed by atoms with Crippen LogP contribution in [0.25, 0.3) is 0 Å². The highest BCUT2D eigenvalue weighted by molar-refractivity contribution is 9.10. The maximum atomic E-state index is 12.4. The lowest BCUT2D eigenvalue weighted by Gasteiger charge is -2.23. The van der Waals surface area contributed by atoms with E-state index in [2.05, 4.69) is 26.2 Å². The molecule has 6 nitrogen and oxygen atoms in total. The second-order valence-electron chi connectivity index (χ2n) is 5.33. The number of carbonyl (C=O) groups excluding carboxylic acids is 1. The van der Waals surface area contributed by atoms with Crippen LogP contribution in [0.5, 0.6) is 0 Å². The molecule has 1 saturated carbocycles. The van der Waals surface area contributed by atoms with E-state index in [1.165, 1.54) is 4.90 Å². The van der Waals surface area contributed by atoms with Crippen molar-refractivity contribution >= 4 is 33.7 Å². The lowest BCUT2D eigenvalue weighted by Crippen LogP contribution is -2.45. The van der Waals surface area contributed by atoms with E-state index in [0.717, 1.165) is 12.0 Å². The molecule has 3 atom stereocenters. The summed E-state index contributed by atoms with van der Waals surface area (Å²) in [6, 6.07) is 3.05. The number of aryl methyl sites for hydroxylation is 1. The molecule has 0 radical (unpaired) electrons. The summed E-state index contributed by atoms with van der Waals surface area (Å²) in [5.41, 5.74) is 0.841. The zero-order chi connectivity index (χ0) is 14.4. The molecule has 0 spiro atoms. The number of fused-ring (bicyclic) bond motifs is 1. The number of nitrogens with one attached hydrogen (secondary N) is 1. The third-order valence-corrected chi connectivity index (χ3v) is 4.41. The van der Waals surface area contributed by atoms with Crippen LogP contribution in [0, 0.1) is 18.8 Å². The minimum absolute atomic E-state index is 0.165. The number of carboxylic acid groups (broad SMARTS) is 1. The Morgan fingerprint density at radius 1 is 1.50 bits per heavy atom. The molecular formula is C13H14BrN3O3. The zero-order valence-electron chi connectivity index (χ0n) is 10.8. The highest BCUT2D eigenvalue weighted by Gasteiger charge is 2.57. The number of amides is 2. The fourth-order valence-electron chi connectivity index (χ4n) is 2.82. The van der Waals surface area contributed by atoms with Crippen molar-refractivity contribution in [1.82, 2.24) is 9.88 Å². The van der Waals surface area contributed by atoms with Crippen LogP contribution in [-0.4, -0.2) is 39.6 Å². The zero-order valence-corrected chi connectivity index (χ0v) is 12.4.